The van der Waals surface area contributed by atoms with E-state index >= 15 is 0 Å². The van der Waals surface area contributed by atoms with Gasteiger partial charge in [-0.1, -0.05) is 31.0 Å². The largest absolute Gasteiger partial charge is 0.492 e. The minimum atomic E-state index is 0.493. The van der Waals surface area contributed by atoms with E-state index < -0.39 is 0 Å². The lowest BCUT2D eigenvalue weighted by atomic mass is 10.1. The van der Waals surface area contributed by atoms with Crippen molar-refractivity contribution < 1.29 is 4.74 Å². The van der Waals surface area contributed by atoms with Crippen molar-refractivity contribution in [3.05, 3.63) is 30.3 Å². The first-order valence-electron chi connectivity index (χ1n) is 6.78. The van der Waals surface area contributed by atoms with Gasteiger partial charge in [-0.25, -0.2) is 0 Å². The highest BCUT2D eigenvalue weighted by Gasteiger charge is 2.32. The quantitative estimate of drug-likeness (QED) is 0.764. The van der Waals surface area contributed by atoms with E-state index in [0.717, 1.165) is 25.4 Å². The van der Waals surface area contributed by atoms with E-state index in [4.69, 9.17) is 4.74 Å². The molecule has 1 N–H and O–H groups in total. The minimum absolute atomic E-state index is 0.493. The summed E-state index contributed by atoms with van der Waals surface area (Å²) in [5.74, 6) is 0.958. The molecular weight excluding hydrogens is 242 g/mol. The van der Waals surface area contributed by atoms with Gasteiger partial charge in [0.2, 0.25) is 0 Å². The molecule has 1 aromatic carbocycles. The lowest BCUT2D eigenvalue weighted by Crippen LogP contribution is -2.36. The van der Waals surface area contributed by atoms with Gasteiger partial charge in [-0.15, -0.1) is 0 Å². The Bertz CT molecular complexity index is 336. The Morgan fingerprint density at radius 3 is 2.61 bits per heavy atom. The van der Waals surface area contributed by atoms with Crippen LogP contribution in [-0.4, -0.2) is 30.7 Å². The molecule has 0 heterocycles. The van der Waals surface area contributed by atoms with Crippen LogP contribution >= 0.6 is 11.8 Å². The molecule has 0 radical (unpaired) electrons. The van der Waals surface area contributed by atoms with Crippen molar-refractivity contribution >= 4 is 11.8 Å². The van der Waals surface area contributed by atoms with E-state index in [1.165, 1.54) is 25.7 Å². The lowest BCUT2D eigenvalue weighted by molar-refractivity contribution is 0.311. The fourth-order valence-corrected chi connectivity index (χ4v) is 3.49. The number of para-hydroxylation sites is 1. The summed E-state index contributed by atoms with van der Waals surface area (Å²) in [6.45, 7) is 2.79. The summed E-state index contributed by atoms with van der Waals surface area (Å²) in [6.07, 6.45) is 7.75. The van der Waals surface area contributed by atoms with Crippen molar-refractivity contribution in [1.29, 1.82) is 0 Å². The zero-order chi connectivity index (χ0) is 12.7. The molecule has 100 valence electrons. The summed E-state index contributed by atoms with van der Waals surface area (Å²) in [5, 5.41) is 3.54. The molecule has 1 saturated carbocycles. The second-order valence-corrected chi connectivity index (χ2v) is 6.21. The first-order chi connectivity index (χ1) is 8.85. The van der Waals surface area contributed by atoms with E-state index in [2.05, 4.69) is 11.6 Å². The zero-order valence-electron chi connectivity index (χ0n) is 11.2. The second-order valence-electron chi connectivity index (χ2n) is 4.93. The Morgan fingerprint density at radius 2 is 1.94 bits per heavy atom. The van der Waals surface area contributed by atoms with Crippen molar-refractivity contribution in [3.8, 4) is 5.75 Å². The van der Waals surface area contributed by atoms with Crippen molar-refractivity contribution in [1.82, 2.24) is 5.32 Å². The number of hydrogen-bond donors (Lipinski definition) is 1. The molecule has 1 fully saturated rings. The molecule has 0 saturated heterocycles. The van der Waals surface area contributed by atoms with Crippen LogP contribution in [0.3, 0.4) is 0 Å². The van der Waals surface area contributed by atoms with Crippen LogP contribution in [-0.2, 0) is 0 Å². The number of rotatable bonds is 7. The normalized spacial score (nSPS) is 17.8. The van der Waals surface area contributed by atoms with Crippen LogP contribution < -0.4 is 10.1 Å². The maximum atomic E-state index is 5.67. The van der Waals surface area contributed by atoms with Crippen LogP contribution in [0.25, 0.3) is 0 Å². The third-order valence-corrected chi connectivity index (χ3v) is 5.10. The molecule has 18 heavy (non-hydrogen) atoms. The third-order valence-electron chi connectivity index (χ3n) is 3.69. The van der Waals surface area contributed by atoms with Crippen LogP contribution in [0.2, 0.25) is 0 Å². The summed E-state index contributed by atoms with van der Waals surface area (Å²) in [7, 11) is 0. The fraction of sp³-hybridized carbons (Fsp3) is 0.600. The Labute approximate surface area is 114 Å². The second kappa shape index (κ2) is 7.05. The van der Waals surface area contributed by atoms with Gasteiger partial charge in [0.25, 0.3) is 0 Å². The molecule has 1 aliphatic rings. The van der Waals surface area contributed by atoms with E-state index in [9.17, 15) is 0 Å². The number of ether oxygens (including phenoxy) is 1. The predicted octanol–water partition coefficient (Wildman–Crippen LogP) is 3.33. The van der Waals surface area contributed by atoms with Gasteiger partial charge in [-0.05, 0) is 31.2 Å². The van der Waals surface area contributed by atoms with Crippen molar-refractivity contribution in [2.45, 2.75) is 30.4 Å². The van der Waals surface area contributed by atoms with Gasteiger partial charge in [0.1, 0.15) is 12.4 Å². The molecule has 0 aromatic heterocycles. The highest BCUT2D eigenvalue weighted by molar-refractivity contribution is 8.00. The first-order valence-corrected chi connectivity index (χ1v) is 8.01. The number of benzene rings is 1. The molecule has 2 rings (SSSR count). The van der Waals surface area contributed by atoms with Crippen LogP contribution in [0.5, 0.6) is 5.75 Å². The van der Waals surface area contributed by atoms with Gasteiger partial charge in [-0.2, -0.15) is 11.8 Å². The number of hydrogen-bond acceptors (Lipinski definition) is 3. The van der Waals surface area contributed by atoms with Crippen molar-refractivity contribution in [2.75, 3.05) is 26.0 Å². The maximum Gasteiger partial charge on any atom is 0.119 e. The van der Waals surface area contributed by atoms with E-state index in [-0.39, 0.29) is 0 Å². The van der Waals surface area contributed by atoms with E-state index in [1.54, 1.807) is 0 Å². The average Bonchev–Trinajstić information content (AvgIpc) is 2.89. The highest BCUT2D eigenvalue weighted by atomic mass is 32.2. The van der Waals surface area contributed by atoms with Gasteiger partial charge in [-0.3, -0.25) is 0 Å². The van der Waals surface area contributed by atoms with Crippen molar-refractivity contribution in [2.24, 2.45) is 0 Å². The van der Waals surface area contributed by atoms with Gasteiger partial charge >= 0.3 is 0 Å². The van der Waals surface area contributed by atoms with Gasteiger partial charge in [0.05, 0.1) is 0 Å². The Morgan fingerprint density at radius 1 is 1.22 bits per heavy atom. The minimum Gasteiger partial charge on any atom is -0.492 e. The molecule has 0 aliphatic heterocycles. The highest BCUT2D eigenvalue weighted by Crippen LogP contribution is 2.39. The number of thioether (sulfide) groups is 1. The SMILES string of the molecule is CSC1(CNCCOc2ccccc2)CCCC1. The molecule has 0 amide bonds. The summed E-state index contributed by atoms with van der Waals surface area (Å²) in [5.41, 5.74) is 0. The summed E-state index contributed by atoms with van der Waals surface area (Å²) in [6, 6.07) is 10.0. The van der Waals surface area contributed by atoms with Crippen molar-refractivity contribution in [3.63, 3.8) is 0 Å². The smallest absolute Gasteiger partial charge is 0.119 e. The first kappa shape index (κ1) is 13.8. The Kier molecular flexibility index (Phi) is 5.39. The van der Waals surface area contributed by atoms with Gasteiger partial charge in [0.15, 0.2) is 0 Å². The predicted molar refractivity (Wildman–Crippen MR) is 79.5 cm³/mol. The third kappa shape index (κ3) is 3.92. The van der Waals surface area contributed by atoms with E-state index in [1.807, 2.05) is 42.1 Å². The summed E-state index contributed by atoms with van der Waals surface area (Å²) in [4.78, 5) is 0. The average molecular weight is 265 g/mol. The lowest BCUT2D eigenvalue weighted by Gasteiger charge is -2.27. The van der Waals surface area contributed by atoms with Gasteiger partial charge < -0.3 is 10.1 Å². The standard InChI is InChI=1S/C15H23NOS/c1-18-15(9-5-6-10-15)13-16-11-12-17-14-7-3-2-4-8-14/h2-4,7-8,16H,5-6,9-13H2,1H3. The molecule has 2 nitrogen and oxygen atoms in total. The molecule has 1 aliphatic carbocycles. The Hall–Kier alpha value is -0.670. The van der Waals surface area contributed by atoms with Crippen LogP contribution in [0.1, 0.15) is 25.7 Å². The van der Waals surface area contributed by atoms with Crippen LogP contribution in [0, 0.1) is 0 Å². The number of nitrogens with one attached hydrogen (secondary N) is 1. The molecule has 0 atom stereocenters. The van der Waals surface area contributed by atoms with Crippen LogP contribution in [0.15, 0.2) is 30.3 Å². The zero-order valence-corrected chi connectivity index (χ0v) is 12.0. The monoisotopic (exact) mass is 265 g/mol. The molecule has 0 bridgehead atoms. The molecule has 0 unspecified atom stereocenters. The van der Waals surface area contributed by atoms with Crippen LogP contribution in [0.4, 0.5) is 0 Å². The Balaban J connectivity index is 1.61. The van der Waals surface area contributed by atoms with E-state index in [0.29, 0.717) is 4.75 Å². The maximum absolute atomic E-state index is 5.67. The fourth-order valence-electron chi connectivity index (χ4n) is 2.55. The summed E-state index contributed by atoms with van der Waals surface area (Å²) >= 11 is 2.03. The summed E-state index contributed by atoms with van der Waals surface area (Å²) < 4.78 is 6.16. The molecule has 3 heteroatoms. The molecular formula is C15H23NOS. The topological polar surface area (TPSA) is 21.3 Å². The van der Waals surface area contributed by atoms with Gasteiger partial charge in [0, 0.05) is 17.8 Å². The molecule has 0 spiro atoms. The molecule has 1 aromatic rings.